The van der Waals surface area contributed by atoms with Crippen LogP contribution in [0.4, 0.5) is 18.9 Å². The summed E-state index contributed by atoms with van der Waals surface area (Å²) >= 11 is 0. The second-order valence-electron chi connectivity index (χ2n) is 8.10. The number of hydrogen-bond acceptors (Lipinski definition) is 7. The first-order valence-corrected chi connectivity index (χ1v) is 11.5. The van der Waals surface area contributed by atoms with Gasteiger partial charge in [-0.1, -0.05) is 29.9 Å². The first-order valence-electron chi connectivity index (χ1n) is 11.5. The molecule has 1 aromatic heterocycles. The second-order valence-corrected chi connectivity index (χ2v) is 8.10. The van der Waals surface area contributed by atoms with Crippen LogP contribution in [0.2, 0.25) is 0 Å². The van der Waals surface area contributed by atoms with Gasteiger partial charge in [-0.2, -0.15) is 18.2 Å². The van der Waals surface area contributed by atoms with E-state index >= 15 is 0 Å². The molecule has 3 rings (SSSR count). The predicted octanol–water partition coefficient (Wildman–Crippen LogP) is 6.61. The van der Waals surface area contributed by atoms with Crippen LogP contribution in [0, 0.1) is 0 Å². The quantitative estimate of drug-likeness (QED) is 0.233. The fourth-order valence-electron chi connectivity index (χ4n) is 3.51. The largest absolute Gasteiger partial charge is 0.490 e. The van der Waals surface area contributed by atoms with Gasteiger partial charge in [0.1, 0.15) is 5.75 Å². The lowest BCUT2D eigenvalue weighted by atomic mass is 10.0. The van der Waals surface area contributed by atoms with E-state index in [4.69, 9.17) is 14.0 Å². The Labute approximate surface area is 207 Å². The molecule has 2 aromatic carbocycles. The Balaban J connectivity index is 1.85. The van der Waals surface area contributed by atoms with E-state index in [-0.39, 0.29) is 29.0 Å². The Hall–Kier alpha value is -3.82. The Bertz CT molecular complexity index is 1210. The number of aromatic nitrogens is 2. The number of carbonyl (C=O) groups is 1. The van der Waals surface area contributed by atoms with Gasteiger partial charge in [0.2, 0.25) is 5.82 Å². The molecule has 3 aromatic rings. The maximum absolute atomic E-state index is 13.6. The number of nitrogens with zero attached hydrogens (tertiary/aromatic N) is 2. The number of anilines is 1. The van der Waals surface area contributed by atoms with Crippen LogP contribution in [0.25, 0.3) is 28.9 Å². The van der Waals surface area contributed by atoms with Gasteiger partial charge < -0.3 is 19.3 Å². The molecule has 0 amide bonds. The van der Waals surface area contributed by atoms with Crippen LogP contribution in [0.1, 0.15) is 44.7 Å². The van der Waals surface area contributed by atoms with Crippen molar-refractivity contribution in [3.05, 3.63) is 54.1 Å². The van der Waals surface area contributed by atoms with E-state index in [1.165, 1.54) is 12.1 Å². The van der Waals surface area contributed by atoms with Gasteiger partial charge in [0.05, 0.1) is 18.3 Å². The fraction of sp³-hybridized carbons (Fsp3) is 0.346. The SMILES string of the molecule is C=Cc1c(NCCCC(=O)OCC)cccc1-c1noc(-c2ccc(OC(C)C)c(C(F)(F)F)c2)n1. The van der Waals surface area contributed by atoms with Crippen molar-refractivity contribution >= 4 is 17.7 Å². The normalized spacial score (nSPS) is 11.4. The van der Waals surface area contributed by atoms with E-state index in [2.05, 4.69) is 22.0 Å². The van der Waals surface area contributed by atoms with Gasteiger partial charge in [-0.15, -0.1) is 0 Å². The van der Waals surface area contributed by atoms with Crippen molar-refractivity contribution in [1.29, 1.82) is 0 Å². The number of benzene rings is 2. The summed E-state index contributed by atoms with van der Waals surface area (Å²) in [7, 11) is 0. The number of alkyl halides is 3. The lowest BCUT2D eigenvalue weighted by Gasteiger charge is -2.16. The van der Waals surface area contributed by atoms with Gasteiger partial charge in [-0.3, -0.25) is 4.79 Å². The summed E-state index contributed by atoms with van der Waals surface area (Å²) in [6, 6.07) is 9.01. The fourth-order valence-corrected chi connectivity index (χ4v) is 3.51. The highest BCUT2D eigenvalue weighted by molar-refractivity contribution is 5.80. The number of hydrogen-bond donors (Lipinski definition) is 1. The van der Waals surface area contributed by atoms with E-state index in [0.29, 0.717) is 37.1 Å². The highest BCUT2D eigenvalue weighted by Crippen LogP contribution is 2.39. The van der Waals surface area contributed by atoms with Crippen LogP contribution in [-0.4, -0.2) is 35.4 Å². The minimum Gasteiger partial charge on any atom is -0.490 e. The van der Waals surface area contributed by atoms with E-state index < -0.39 is 17.8 Å². The predicted molar refractivity (Wildman–Crippen MR) is 130 cm³/mol. The molecule has 0 atom stereocenters. The van der Waals surface area contributed by atoms with Gasteiger partial charge >= 0.3 is 12.1 Å². The Morgan fingerprint density at radius 2 is 2.03 bits per heavy atom. The van der Waals surface area contributed by atoms with E-state index in [1.807, 2.05) is 6.07 Å². The first-order chi connectivity index (χ1) is 17.1. The first kappa shape index (κ1) is 26.8. The molecular weight excluding hydrogens is 475 g/mol. The number of halogens is 3. The summed E-state index contributed by atoms with van der Waals surface area (Å²) in [6.45, 7) is 9.78. The highest BCUT2D eigenvalue weighted by atomic mass is 19.4. The van der Waals surface area contributed by atoms with Crippen LogP contribution in [-0.2, 0) is 15.7 Å². The molecule has 0 unspecified atom stereocenters. The molecule has 1 heterocycles. The zero-order chi connectivity index (χ0) is 26.3. The molecule has 0 saturated carbocycles. The van der Waals surface area contributed by atoms with E-state index in [0.717, 1.165) is 11.8 Å². The van der Waals surface area contributed by atoms with Crippen LogP contribution < -0.4 is 10.1 Å². The summed E-state index contributed by atoms with van der Waals surface area (Å²) in [5.74, 6) is -0.383. The van der Waals surface area contributed by atoms with Gasteiger partial charge in [0.25, 0.3) is 5.89 Å². The van der Waals surface area contributed by atoms with Crippen molar-refractivity contribution in [2.75, 3.05) is 18.5 Å². The van der Waals surface area contributed by atoms with Crippen LogP contribution in [0.3, 0.4) is 0 Å². The molecule has 192 valence electrons. The molecule has 0 aliphatic heterocycles. The monoisotopic (exact) mass is 503 g/mol. The molecule has 0 bridgehead atoms. The van der Waals surface area contributed by atoms with Gasteiger partial charge in [-0.05, 0) is 51.5 Å². The molecule has 10 heteroatoms. The van der Waals surface area contributed by atoms with Crippen LogP contribution in [0.15, 0.2) is 47.5 Å². The van der Waals surface area contributed by atoms with Gasteiger partial charge in [-0.25, -0.2) is 0 Å². The molecule has 0 saturated heterocycles. The molecule has 0 radical (unpaired) electrons. The lowest BCUT2D eigenvalue weighted by molar-refractivity contribution is -0.143. The number of rotatable bonds is 11. The average Bonchev–Trinajstić information content (AvgIpc) is 3.31. The third-order valence-electron chi connectivity index (χ3n) is 5.05. The van der Waals surface area contributed by atoms with Crippen molar-refractivity contribution in [1.82, 2.24) is 10.1 Å². The summed E-state index contributed by atoms with van der Waals surface area (Å²) in [6.07, 6.45) is -2.55. The zero-order valence-corrected chi connectivity index (χ0v) is 20.3. The van der Waals surface area contributed by atoms with Gasteiger partial charge in [0, 0.05) is 35.3 Å². The van der Waals surface area contributed by atoms with E-state index in [9.17, 15) is 18.0 Å². The molecule has 0 fully saturated rings. The van der Waals surface area contributed by atoms with Crippen molar-refractivity contribution in [2.45, 2.75) is 45.9 Å². The summed E-state index contributed by atoms with van der Waals surface area (Å²) in [5, 5.41) is 7.23. The number of nitrogens with one attached hydrogen (secondary N) is 1. The standard InChI is InChI=1S/C26H28F3N3O4/c1-5-18-19(9-7-10-21(18)30-14-8-11-23(33)34-6-2)24-31-25(36-32-24)17-12-13-22(35-16(3)4)20(15-17)26(27,28)29/h5,7,9-10,12-13,15-16,30H,1,6,8,11,14H2,2-4H3. The molecule has 0 aliphatic rings. The van der Waals surface area contributed by atoms with Crippen molar-refractivity contribution in [2.24, 2.45) is 0 Å². The molecule has 0 spiro atoms. The maximum Gasteiger partial charge on any atom is 0.419 e. The summed E-state index contributed by atoms with van der Waals surface area (Å²) < 4.78 is 56.4. The van der Waals surface area contributed by atoms with Crippen molar-refractivity contribution in [3.8, 4) is 28.6 Å². The van der Waals surface area contributed by atoms with Gasteiger partial charge in [0.15, 0.2) is 0 Å². The number of ether oxygens (including phenoxy) is 2. The Morgan fingerprint density at radius 1 is 1.25 bits per heavy atom. The lowest BCUT2D eigenvalue weighted by Crippen LogP contribution is -2.13. The topological polar surface area (TPSA) is 86.5 Å². The Morgan fingerprint density at radius 3 is 2.69 bits per heavy atom. The van der Waals surface area contributed by atoms with Crippen molar-refractivity contribution in [3.63, 3.8) is 0 Å². The highest BCUT2D eigenvalue weighted by Gasteiger charge is 2.35. The Kier molecular flexibility index (Phi) is 8.73. The smallest absolute Gasteiger partial charge is 0.419 e. The minimum atomic E-state index is -4.62. The maximum atomic E-state index is 13.6. The second kappa shape index (κ2) is 11.7. The third-order valence-corrected chi connectivity index (χ3v) is 5.05. The number of carbonyl (C=O) groups excluding carboxylic acids is 1. The van der Waals surface area contributed by atoms with E-state index in [1.54, 1.807) is 39.0 Å². The molecular formula is C26H28F3N3O4. The molecule has 0 aliphatic carbocycles. The molecule has 1 N–H and O–H groups in total. The van der Waals surface area contributed by atoms with Crippen LogP contribution in [0.5, 0.6) is 5.75 Å². The minimum absolute atomic E-state index is 0.0607. The van der Waals surface area contributed by atoms with Crippen molar-refractivity contribution < 1.29 is 32.0 Å². The van der Waals surface area contributed by atoms with Crippen LogP contribution >= 0.6 is 0 Å². The molecule has 36 heavy (non-hydrogen) atoms. The number of esters is 1. The average molecular weight is 504 g/mol. The summed E-state index contributed by atoms with van der Waals surface area (Å²) in [4.78, 5) is 15.8. The third kappa shape index (κ3) is 6.65. The molecule has 7 nitrogen and oxygen atoms in total. The zero-order valence-electron chi connectivity index (χ0n) is 20.3. The summed E-state index contributed by atoms with van der Waals surface area (Å²) in [5.41, 5.74) is 1.22.